The number of nitrogen functional groups attached to an aromatic ring is 1. The van der Waals surface area contributed by atoms with Crippen molar-refractivity contribution < 1.29 is 0 Å². The van der Waals surface area contributed by atoms with Gasteiger partial charge in [-0.15, -0.1) is 0 Å². The normalized spacial score (nSPS) is 12.7. The van der Waals surface area contributed by atoms with Crippen LogP contribution in [0.3, 0.4) is 0 Å². The molecule has 1 atom stereocenters. The molecule has 0 radical (unpaired) electrons. The summed E-state index contributed by atoms with van der Waals surface area (Å²) in [7, 11) is 0. The van der Waals surface area contributed by atoms with Gasteiger partial charge in [-0.25, -0.2) is 0 Å². The van der Waals surface area contributed by atoms with Gasteiger partial charge >= 0.3 is 0 Å². The number of rotatable bonds is 3. The van der Waals surface area contributed by atoms with Crippen molar-refractivity contribution in [3.8, 4) is 0 Å². The molecule has 0 saturated carbocycles. The van der Waals surface area contributed by atoms with E-state index in [0.717, 1.165) is 33.2 Å². The second-order valence-electron chi connectivity index (χ2n) is 4.18. The van der Waals surface area contributed by atoms with Crippen LogP contribution in [0.1, 0.15) is 31.9 Å². The van der Waals surface area contributed by atoms with E-state index >= 15 is 0 Å². The number of aromatic nitrogens is 1. The van der Waals surface area contributed by atoms with Gasteiger partial charge in [0.15, 0.2) is 0 Å². The Balaban J connectivity index is 2.69. The smallest absolute Gasteiger partial charge is 0.0718 e. The summed E-state index contributed by atoms with van der Waals surface area (Å²) in [5.74, 6) is 5.97. The van der Waals surface area contributed by atoms with E-state index < -0.39 is 0 Å². The summed E-state index contributed by atoms with van der Waals surface area (Å²) in [5.41, 5.74) is 5.67. The molecular formula is C13H16BrN3. The summed E-state index contributed by atoms with van der Waals surface area (Å²) in [6.45, 7) is 4.31. The molecule has 0 bridgehead atoms. The second kappa shape index (κ2) is 5.02. The van der Waals surface area contributed by atoms with Crippen LogP contribution in [0.15, 0.2) is 28.7 Å². The Hall–Kier alpha value is -1.13. The van der Waals surface area contributed by atoms with Crippen molar-refractivity contribution in [3.05, 3.63) is 34.4 Å². The highest BCUT2D eigenvalue weighted by Crippen LogP contribution is 2.31. The number of fused-ring (bicyclic) bond motifs is 1. The molecular weight excluding hydrogens is 278 g/mol. The van der Waals surface area contributed by atoms with Crippen molar-refractivity contribution in [2.24, 2.45) is 5.84 Å². The number of halogens is 1. The van der Waals surface area contributed by atoms with Crippen LogP contribution in [0.4, 0.5) is 5.69 Å². The molecule has 4 heteroatoms. The number of hydrazine groups is 1. The molecule has 0 spiro atoms. The Morgan fingerprint density at radius 2 is 2.24 bits per heavy atom. The van der Waals surface area contributed by atoms with Gasteiger partial charge in [0.05, 0.1) is 16.9 Å². The van der Waals surface area contributed by atoms with Gasteiger partial charge in [-0.3, -0.25) is 10.8 Å². The van der Waals surface area contributed by atoms with Gasteiger partial charge in [0, 0.05) is 15.8 Å². The van der Waals surface area contributed by atoms with Crippen molar-refractivity contribution in [2.45, 2.75) is 26.2 Å². The monoisotopic (exact) mass is 293 g/mol. The van der Waals surface area contributed by atoms with E-state index in [-0.39, 0.29) is 0 Å². The first-order valence-corrected chi connectivity index (χ1v) is 6.52. The molecule has 0 saturated heterocycles. The van der Waals surface area contributed by atoms with Gasteiger partial charge in [-0.05, 0) is 24.6 Å². The molecule has 1 aromatic carbocycles. The third-order valence-electron chi connectivity index (χ3n) is 3.07. The maximum atomic E-state index is 5.58. The van der Waals surface area contributed by atoms with Gasteiger partial charge in [0.25, 0.3) is 0 Å². The zero-order valence-corrected chi connectivity index (χ0v) is 11.6. The summed E-state index contributed by atoms with van der Waals surface area (Å²) in [4.78, 5) is 4.71. The first-order valence-electron chi connectivity index (χ1n) is 5.73. The van der Waals surface area contributed by atoms with Gasteiger partial charge in [-0.1, -0.05) is 35.8 Å². The Morgan fingerprint density at radius 1 is 1.47 bits per heavy atom. The molecule has 0 amide bonds. The maximum Gasteiger partial charge on any atom is 0.0718 e. The third-order valence-corrected chi connectivity index (χ3v) is 3.76. The molecule has 1 heterocycles. The highest BCUT2D eigenvalue weighted by molar-refractivity contribution is 9.10. The Kier molecular flexibility index (Phi) is 3.64. The fourth-order valence-corrected chi connectivity index (χ4v) is 2.33. The molecule has 3 nitrogen and oxygen atoms in total. The Morgan fingerprint density at radius 3 is 2.88 bits per heavy atom. The highest BCUT2D eigenvalue weighted by Gasteiger charge is 2.12. The summed E-state index contributed by atoms with van der Waals surface area (Å²) in [5, 5.41) is 1.08. The number of nitrogens with zero attached hydrogens (tertiary/aromatic N) is 1. The van der Waals surface area contributed by atoms with Crippen molar-refractivity contribution in [1.29, 1.82) is 0 Å². The quantitative estimate of drug-likeness (QED) is 0.669. The van der Waals surface area contributed by atoms with Gasteiger partial charge in [0.1, 0.15) is 0 Å². The largest absolute Gasteiger partial charge is 0.322 e. The molecule has 1 aromatic heterocycles. The van der Waals surface area contributed by atoms with Crippen LogP contribution in [0.25, 0.3) is 10.9 Å². The van der Waals surface area contributed by atoms with Crippen LogP contribution in [-0.2, 0) is 0 Å². The van der Waals surface area contributed by atoms with Crippen molar-refractivity contribution in [3.63, 3.8) is 0 Å². The van der Waals surface area contributed by atoms with E-state index in [4.69, 9.17) is 10.8 Å². The molecule has 0 aliphatic carbocycles. The Bertz CT molecular complexity index is 539. The summed E-state index contributed by atoms with van der Waals surface area (Å²) in [6, 6.07) is 8.07. The summed E-state index contributed by atoms with van der Waals surface area (Å²) < 4.78 is 1.04. The molecule has 0 aliphatic heterocycles. The van der Waals surface area contributed by atoms with Crippen LogP contribution in [0, 0.1) is 0 Å². The lowest BCUT2D eigenvalue weighted by Gasteiger charge is -2.15. The number of hydrogen-bond donors (Lipinski definition) is 2. The van der Waals surface area contributed by atoms with Crippen molar-refractivity contribution in [1.82, 2.24) is 4.98 Å². The zero-order valence-electron chi connectivity index (χ0n) is 10.00. The van der Waals surface area contributed by atoms with Crippen molar-refractivity contribution >= 4 is 32.5 Å². The topological polar surface area (TPSA) is 50.9 Å². The highest BCUT2D eigenvalue weighted by atomic mass is 79.9. The van der Waals surface area contributed by atoms with Gasteiger partial charge < -0.3 is 5.43 Å². The second-order valence-corrected chi connectivity index (χ2v) is 5.04. The van der Waals surface area contributed by atoms with E-state index in [1.54, 1.807) is 0 Å². The molecule has 0 aliphatic rings. The van der Waals surface area contributed by atoms with E-state index in [0.29, 0.717) is 5.92 Å². The molecule has 0 fully saturated rings. The van der Waals surface area contributed by atoms with Crippen LogP contribution >= 0.6 is 15.9 Å². The van der Waals surface area contributed by atoms with E-state index in [1.165, 1.54) is 0 Å². The fourth-order valence-electron chi connectivity index (χ4n) is 1.86. The maximum absolute atomic E-state index is 5.58. The van der Waals surface area contributed by atoms with E-state index in [9.17, 15) is 0 Å². The van der Waals surface area contributed by atoms with Crippen LogP contribution in [0.2, 0.25) is 0 Å². The number of benzene rings is 1. The molecule has 2 rings (SSSR count). The predicted octanol–water partition coefficient (Wildman–Crippen LogP) is 3.80. The minimum atomic E-state index is 0.393. The molecule has 90 valence electrons. The number of anilines is 1. The lowest BCUT2D eigenvalue weighted by Crippen LogP contribution is -2.12. The molecule has 1 unspecified atom stereocenters. The van der Waals surface area contributed by atoms with Crippen LogP contribution in [0.5, 0.6) is 0 Å². The van der Waals surface area contributed by atoms with Crippen molar-refractivity contribution in [2.75, 3.05) is 5.43 Å². The van der Waals surface area contributed by atoms with Gasteiger partial charge in [-0.2, -0.15) is 0 Å². The standard InChI is InChI=1S/C13H16BrN3/c1-3-8(2)13-12(17-15)7-9-10(14)5-4-6-11(9)16-13/h4-8,17H,3,15H2,1-2H3. The number of hydrogen-bond acceptors (Lipinski definition) is 3. The molecule has 3 N–H and O–H groups in total. The number of pyridine rings is 1. The average molecular weight is 294 g/mol. The number of nitrogens with one attached hydrogen (secondary N) is 1. The minimum Gasteiger partial charge on any atom is -0.322 e. The van der Waals surface area contributed by atoms with Gasteiger partial charge in [0.2, 0.25) is 0 Å². The SMILES string of the molecule is CCC(C)c1nc2cccc(Br)c2cc1NN. The Labute approximate surface area is 110 Å². The zero-order chi connectivity index (χ0) is 12.4. The lowest BCUT2D eigenvalue weighted by molar-refractivity contribution is 0.713. The van der Waals surface area contributed by atoms with E-state index in [1.807, 2.05) is 24.3 Å². The summed E-state index contributed by atoms with van der Waals surface area (Å²) >= 11 is 3.53. The molecule has 2 aromatic rings. The summed E-state index contributed by atoms with van der Waals surface area (Å²) in [6.07, 6.45) is 1.04. The fraction of sp³-hybridized carbons (Fsp3) is 0.308. The van der Waals surface area contributed by atoms with E-state index in [2.05, 4.69) is 35.2 Å². The first kappa shape index (κ1) is 12.3. The first-order chi connectivity index (χ1) is 8.17. The predicted molar refractivity (Wildman–Crippen MR) is 76.0 cm³/mol. The molecule has 17 heavy (non-hydrogen) atoms. The third kappa shape index (κ3) is 2.28. The number of nitrogens with two attached hydrogens (primary N) is 1. The van der Waals surface area contributed by atoms with Crippen LogP contribution < -0.4 is 11.3 Å². The lowest BCUT2D eigenvalue weighted by atomic mass is 10.0. The minimum absolute atomic E-state index is 0.393. The van der Waals surface area contributed by atoms with Crippen LogP contribution in [-0.4, -0.2) is 4.98 Å². The average Bonchev–Trinajstić information content (AvgIpc) is 2.37.